The predicted molar refractivity (Wildman–Crippen MR) is 118 cm³/mol. The average molecular weight is 419 g/mol. The van der Waals surface area contributed by atoms with Gasteiger partial charge in [-0.3, -0.25) is 4.79 Å². The third-order valence-corrected chi connectivity index (χ3v) is 6.52. The van der Waals surface area contributed by atoms with Gasteiger partial charge in [-0.2, -0.15) is 5.10 Å². The van der Waals surface area contributed by atoms with E-state index in [0.29, 0.717) is 18.7 Å². The van der Waals surface area contributed by atoms with Gasteiger partial charge in [-0.1, -0.05) is 24.3 Å². The molecule has 4 heterocycles. The first-order chi connectivity index (χ1) is 14.7. The van der Waals surface area contributed by atoms with E-state index in [4.69, 9.17) is 9.72 Å². The van der Waals surface area contributed by atoms with E-state index in [1.807, 2.05) is 60.3 Å². The Bertz CT molecular complexity index is 1220. The number of nitrogens with one attached hydrogen (secondary N) is 1. The summed E-state index contributed by atoms with van der Waals surface area (Å²) in [6.07, 6.45) is 1.73. The molecule has 1 aliphatic heterocycles. The average Bonchev–Trinajstić information content (AvgIpc) is 3.51. The van der Waals surface area contributed by atoms with Gasteiger partial charge < -0.3 is 10.1 Å². The van der Waals surface area contributed by atoms with Crippen LogP contribution in [0.15, 0.2) is 54.0 Å². The number of nitrogens with zero attached hydrogens (tertiary/aromatic N) is 3. The van der Waals surface area contributed by atoms with Crippen LogP contribution in [0.5, 0.6) is 5.75 Å². The number of fused-ring (bicyclic) bond motifs is 2. The lowest BCUT2D eigenvalue weighted by Gasteiger charge is -2.20. The molecular weight excluding hydrogens is 396 g/mol. The Morgan fingerprint density at radius 2 is 2.20 bits per heavy atom. The summed E-state index contributed by atoms with van der Waals surface area (Å²) in [7, 11) is 0. The van der Waals surface area contributed by atoms with Gasteiger partial charge in [0.25, 0.3) is 5.91 Å². The molecule has 0 spiro atoms. The van der Waals surface area contributed by atoms with Crippen molar-refractivity contribution in [2.24, 2.45) is 0 Å². The molecule has 5 rings (SSSR count). The quantitative estimate of drug-likeness (QED) is 0.519. The van der Waals surface area contributed by atoms with Crippen LogP contribution in [0, 0.1) is 0 Å². The number of carbonyl (C=O) groups excluding carboxylic acids is 1. The summed E-state index contributed by atoms with van der Waals surface area (Å²) in [4.78, 5) is 19.2. The number of carbonyl (C=O) groups is 1. The Morgan fingerprint density at radius 3 is 3.00 bits per heavy atom. The number of amides is 1. The molecule has 1 aliphatic rings. The van der Waals surface area contributed by atoms with Gasteiger partial charge >= 0.3 is 0 Å². The van der Waals surface area contributed by atoms with Gasteiger partial charge in [0.2, 0.25) is 0 Å². The van der Waals surface area contributed by atoms with Crippen LogP contribution in [0.1, 0.15) is 35.7 Å². The molecular formula is C23H22N4O2S. The molecule has 0 fully saturated rings. The standard InChI is InChI=1S/C23H22N4O2S/c1-3-27-22-17(12-24-27)16(11-19(26-22)21-9-6-10-30-21)23(28)25-14(2)18-13-29-20-8-5-4-7-15(18)20/h4-12,14,18H,3,13H2,1-2H3,(H,25,28). The van der Waals surface area contributed by atoms with E-state index in [-0.39, 0.29) is 17.9 Å². The van der Waals surface area contributed by atoms with E-state index in [1.165, 1.54) is 0 Å². The molecule has 1 N–H and O–H groups in total. The molecule has 2 unspecified atom stereocenters. The van der Waals surface area contributed by atoms with Crippen LogP contribution in [-0.4, -0.2) is 33.3 Å². The minimum Gasteiger partial charge on any atom is -0.493 e. The summed E-state index contributed by atoms with van der Waals surface area (Å²) in [6, 6.07) is 13.8. The highest BCUT2D eigenvalue weighted by Gasteiger charge is 2.30. The fourth-order valence-corrected chi connectivity index (χ4v) is 4.69. The lowest BCUT2D eigenvalue weighted by atomic mass is 9.94. The van der Waals surface area contributed by atoms with Crippen LogP contribution in [0.3, 0.4) is 0 Å². The Morgan fingerprint density at radius 1 is 1.33 bits per heavy atom. The summed E-state index contributed by atoms with van der Waals surface area (Å²) in [6.45, 7) is 5.31. The summed E-state index contributed by atoms with van der Waals surface area (Å²) in [5.41, 5.74) is 3.26. The number of pyridine rings is 1. The summed E-state index contributed by atoms with van der Waals surface area (Å²) >= 11 is 1.61. The maximum atomic E-state index is 13.3. The number of para-hydroxylation sites is 1. The molecule has 0 saturated heterocycles. The third-order valence-electron chi connectivity index (χ3n) is 5.63. The Labute approximate surface area is 178 Å². The van der Waals surface area contributed by atoms with E-state index in [9.17, 15) is 4.79 Å². The van der Waals surface area contributed by atoms with Crippen LogP contribution in [-0.2, 0) is 6.54 Å². The number of benzene rings is 1. The van der Waals surface area contributed by atoms with Gasteiger partial charge in [0, 0.05) is 24.1 Å². The van der Waals surface area contributed by atoms with Crippen molar-refractivity contribution < 1.29 is 9.53 Å². The molecule has 1 amide bonds. The van der Waals surface area contributed by atoms with Crippen molar-refractivity contribution in [3.8, 4) is 16.3 Å². The number of rotatable bonds is 5. The second-order valence-corrected chi connectivity index (χ2v) is 8.40. The Kier molecular flexibility index (Phi) is 4.75. The van der Waals surface area contributed by atoms with Gasteiger partial charge in [-0.15, -0.1) is 11.3 Å². The van der Waals surface area contributed by atoms with Crippen molar-refractivity contribution in [2.45, 2.75) is 32.4 Å². The van der Waals surface area contributed by atoms with Crippen molar-refractivity contribution in [1.82, 2.24) is 20.1 Å². The highest BCUT2D eigenvalue weighted by Crippen LogP contribution is 2.35. The molecule has 0 saturated carbocycles. The third kappa shape index (κ3) is 3.15. The van der Waals surface area contributed by atoms with Crippen LogP contribution >= 0.6 is 11.3 Å². The molecule has 30 heavy (non-hydrogen) atoms. The predicted octanol–water partition coefficient (Wildman–Crippen LogP) is 4.47. The van der Waals surface area contributed by atoms with Crippen LogP contribution in [0.2, 0.25) is 0 Å². The smallest absolute Gasteiger partial charge is 0.252 e. The summed E-state index contributed by atoms with van der Waals surface area (Å²) in [5.74, 6) is 0.907. The second kappa shape index (κ2) is 7.57. The number of hydrogen-bond donors (Lipinski definition) is 1. The normalized spacial score (nSPS) is 16.3. The largest absolute Gasteiger partial charge is 0.493 e. The van der Waals surface area contributed by atoms with E-state index < -0.39 is 0 Å². The molecule has 152 valence electrons. The van der Waals surface area contributed by atoms with Gasteiger partial charge in [-0.25, -0.2) is 9.67 Å². The molecule has 7 heteroatoms. The maximum Gasteiger partial charge on any atom is 0.252 e. The molecule has 0 aliphatic carbocycles. The van der Waals surface area contributed by atoms with Gasteiger partial charge in [0.1, 0.15) is 5.75 Å². The number of hydrogen-bond acceptors (Lipinski definition) is 5. The van der Waals surface area contributed by atoms with E-state index in [0.717, 1.165) is 32.9 Å². The monoisotopic (exact) mass is 418 g/mol. The van der Waals surface area contributed by atoms with Crippen LogP contribution in [0.4, 0.5) is 0 Å². The van der Waals surface area contributed by atoms with Gasteiger partial charge in [0.05, 0.1) is 34.3 Å². The zero-order valence-electron chi connectivity index (χ0n) is 16.8. The number of aromatic nitrogens is 3. The first-order valence-electron chi connectivity index (χ1n) is 10.1. The molecule has 4 aromatic rings. The number of thiophene rings is 1. The highest BCUT2D eigenvalue weighted by molar-refractivity contribution is 7.13. The SMILES string of the molecule is CCn1ncc2c(C(=O)NC(C)C3COc4ccccc43)cc(-c3cccs3)nc21. The molecule has 3 aromatic heterocycles. The molecule has 0 bridgehead atoms. The van der Waals surface area contributed by atoms with E-state index >= 15 is 0 Å². The van der Waals surface area contributed by atoms with Gasteiger partial charge in [-0.05, 0) is 37.4 Å². The van der Waals surface area contributed by atoms with Crippen molar-refractivity contribution in [2.75, 3.05) is 6.61 Å². The second-order valence-electron chi connectivity index (χ2n) is 7.45. The number of ether oxygens (including phenoxy) is 1. The minimum absolute atomic E-state index is 0.0734. The van der Waals surface area contributed by atoms with E-state index in [1.54, 1.807) is 17.5 Å². The van der Waals surface area contributed by atoms with Gasteiger partial charge in [0.15, 0.2) is 5.65 Å². The van der Waals surface area contributed by atoms with Crippen molar-refractivity contribution in [3.05, 3.63) is 65.2 Å². The zero-order valence-corrected chi connectivity index (χ0v) is 17.6. The fourth-order valence-electron chi connectivity index (χ4n) is 4.00. The first kappa shape index (κ1) is 18.8. The first-order valence-corrected chi connectivity index (χ1v) is 11.0. The molecule has 0 radical (unpaired) electrons. The maximum absolute atomic E-state index is 13.3. The molecule has 1 aromatic carbocycles. The van der Waals surface area contributed by atoms with E-state index in [2.05, 4.69) is 16.5 Å². The lowest BCUT2D eigenvalue weighted by molar-refractivity contribution is 0.0934. The minimum atomic E-state index is -0.118. The van der Waals surface area contributed by atoms with Crippen LogP contribution in [0.25, 0.3) is 21.6 Å². The molecule has 2 atom stereocenters. The fraction of sp³-hybridized carbons (Fsp3) is 0.261. The Balaban J connectivity index is 1.49. The lowest BCUT2D eigenvalue weighted by Crippen LogP contribution is -2.37. The molecule has 6 nitrogen and oxygen atoms in total. The zero-order chi connectivity index (χ0) is 20.7. The number of aryl methyl sites for hydroxylation is 1. The summed E-state index contributed by atoms with van der Waals surface area (Å²) in [5, 5.41) is 10.4. The van der Waals surface area contributed by atoms with Crippen molar-refractivity contribution in [1.29, 1.82) is 0 Å². The summed E-state index contributed by atoms with van der Waals surface area (Å²) < 4.78 is 7.63. The van der Waals surface area contributed by atoms with Crippen LogP contribution < -0.4 is 10.1 Å². The highest BCUT2D eigenvalue weighted by atomic mass is 32.1. The van der Waals surface area contributed by atoms with Crippen molar-refractivity contribution >= 4 is 28.3 Å². The topological polar surface area (TPSA) is 69.0 Å². The Hall–Kier alpha value is -3.19. The van der Waals surface area contributed by atoms with Crippen molar-refractivity contribution in [3.63, 3.8) is 0 Å².